The van der Waals surface area contributed by atoms with Crippen LogP contribution in [0.2, 0.25) is 0 Å². The van der Waals surface area contributed by atoms with Crippen molar-refractivity contribution in [1.82, 2.24) is 5.32 Å². The number of methoxy groups -OCH3 is 2. The smallest absolute Gasteiger partial charge is 0.416 e. The second kappa shape index (κ2) is 9.64. The van der Waals surface area contributed by atoms with Gasteiger partial charge >= 0.3 is 6.18 Å². The third kappa shape index (κ3) is 5.75. The van der Waals surface area contributed by atoms with E-state index in [2.05, 4.69) is 5.32 Å². The summed E-state index contributed by atoms with van der Waals surface area (Å²) in [5.41, 5.74) is -0.709. The van der Waals surface area contributed by atoms with Crippen LogP contribution in [0.4, 0.5) is 13.2 Å². The summed E-state index contributed by atoms with van der Waals surface area (Å²) < 4.78 is 49.6. The van der Waals surface area contributed by atoms with Crippen LogP contribution in [0.1, 0.15) is 16.7 Å². The molecule has 0 saturated carbocycles. The van der Waals surface area contributed by atoms with E-state index in [1.54, 1.807) is 24.3 Å². The van der Waals surface area contributed by atoms with Gasteiger partial charge in [0.25, 0.3) is 5.91 Å². The van der Waals surface area contributed by atoms with E-state index in [0.717, 1.165) is 17.7 Å². The first kappa shape index (κ1) is 21.8. The fraction of sp³-hybridized carbons (Fsp3) is 0.238. The average molecular weight is 404 g/mol. The van der Waals surface area contributed by atoms with Crippen LogP contribution in [-0.2, 0) is 17.4 Å². The zero-order valence-corrected chi connectivity index (χ0v) is 15.8. The van der Waals surface area contributed by atoms with Crippen molar-refractivity contribution in [2.24, 2.45) is 0 Å². The number of hydrogen-bond donors (Lipinski definition) is 1. The van der Waals surface area contributed by atoms with Gasteiger partial charge in [-0.3, -0.25) is 4.79 Å². The van der Waals surface area contributed by atoms with Gasteiger partial charge in [-0.05, 0) is 41.8 Å². The average Bonchev–Trinajstić information content (AvgIpc) is 2.71. The van der Waals surface area contributed by atoms with Crippen molar-refractivity contribution in [2.45, 2.75) is 12.6 Å². The van der Waals surface area contributed by atoms with E-state index in [9.17, 15) is 23.2 Å². The molecule has 1 N–H and O–H groups in total. The van der Waals surface area contributed by atoms with Gasteiger partial charge < -0.3 is 14.8 Å². The van der Waals surface area contributed by atoms with Crippen molar-refractivity contribution in [1.29, 1.82) is 5.26 Å². The molecule has 8 heteroatoms. The molecule has 0 spiro atoms. The highest BCUT2D eigenvalue weighted by Gasteiger charge is 2.32. The Balaban J connectivity index is 2.08. The molecule has 1 amide bonds. The normalized spacial score (nSPS) is 11.5. The van der Waals surface area contributed by atoms with Gasteiger partial charge in [-0.15, -0.1) is 0 Å². The molecule has 5 nitrogen and oxygen atoms in total. The minimum atomic E-state index is -4.59. The lowest BCUT2D eigenvalue weighted by atomic mass is 10.0. The Kier molecular flexibility index (Phi) is 7.26. The SMILES string of the molecule is COc1ccc(CCNC(=O)/C(C#N)=C\c2ccccc2C(F)(F)F)cc1OC. The van der Waals surface area contributed by atoms with Crippen LogP contribution in [0.25, 0.3) is 6.08 Å². The fourth-order valence-electron chi connectivity index (χ4n) is 2.64. The Morgan fingerprint density at radius 2 is 1.83 bits per heavy atom. The Morgan fingerprint density at radius 1 is 1.14 bits per heavy atom. The summed E-state index contributed by atoms with van der Waals surface area (Å²) in [5, 5.41) is 11.7. The summed E-state index contributed by atoms with van der Waals surface area (Å²) in [6, 6.07) is 11.7. The zero-order valence-electron chi connectivity index (χ0n) is 15.8. The number of carbonyl (C=O) groups excluding carboxylic acids is 1. The maximum absolute atomic E-state index is 13.1. The third-order valence-electron chi connectivity index (χ3n) is 4.08. The molecule has 0 aliphatic heterocycles. The highest BCUT2D eigenvalue weighted by molar-refractivity contribution is 6.01. The molecule has 0 fully saturated rings. The number of nitrogens with zero attached hydrogens (tertiary/aromatic N) is 1. The molecular weight excluding hydrogens is 385 g/mol. The first-order valence-electron chi connectivity index (χ1n) is 8.57. The van der Waals surface area contributed by atoms with Gasteiger partial charge in [-0.1, -0.05) is 24.3 Å². The summed E-state index contributed by atoms with van der Waals surface area (Å²) in [6.45, 7) is 0.189. The number of alkyl halides is 3. The molecule has 0 unspecified atom stereocenters. The summed E-state index contributed by atoms with van der Waals surface area (Å²) in [5.74, 6) is 0.362. The van der Waals surface area contributed by atoms with E-state index in [0.29, 0.717) is 17.9 Å². The van der Waals surface area contributed by atoms with E-state index in [1.807, 2.05) is 0 Å². The standard InChI is InChI=1S/C21H19F3N2O3/c1-28-18-8-7-14(11-19(18)29-2)9-10-26-20(27)16(13-25)12-15-5-3-4-6-17(15)21(22,23)24/h3-8,11-12H,9-10H2,1-2H3,(H,26,27)/b16-12-. The molecule has 2 aromatic rings. The molecule has 0 aliphatic rings. The number of nitriles is 1. The molecule has 0 saturated heterocycles. The van der Waals surface area contributed by atoms with E-state index < -0.39 is 23.2 Å². The Hall–Kier alpha value is -3.47. The number of nitrogens with one attached hydrogen (secondary N) is 1. The number of halogens is 3. The lowest BCUT2D eigenvalue weighted by Gasteiger charge is -2.11. The predicted molar refractivity (Wildman–Crippen MR) is 101 cm³/mol. The van der Waals surface area contributed by atoms with E-state index in [4.69, 9.17) is 9.47 Å². The number of hydrogen-bond acceptors (Lipinski definition) is 4. The van der Waals surface area contributed by atoms with E-state index in [-0.39, 0.29) is 12.1 Å². The van der Waals surface area contributed by atoms with Crippen LogP contribution in [-0.4, -0.2) is 26.7 Å². The van der Waals surface area contributed by atoms with E-state index in [1.165, 1.54) is 32.4 Å². The topological polar surface area (TPSA) is 71.3 Å². The molecular formula is C21H19F3N2O3. The zero-order chi connectivity index (χ0) is 21.4. The molecule has 2 aromatic carbocycles. The first-order chi connectivity index (χ1) is 13.8. The Bertz CT molecular complexity index is 947. The molecule has 0 radical (unpaired) electrons. The molecule has 2 rings (SSSR count). The maximum Gasteiger partial charge on any atom is 0.416 e. The molecule has 0 atom stereocenters. The molecule has 0 bridgehead atoms. The Labute approximate surface area is 166 Å². The van der Waals surface area contributed by atoms with Gasteiger partial charge in [-0.25, -0.2) is 0 Å². The number of rotatable bonds is 7. The molecule has 0 aliphatic carbocycles. The maximum atomic E-state index is 13.1. The molecule has 29 heavy (non-hydrogen) atoms. The van der Waals surface area contributed by atoms with Gasteiger partial charge in [0.1, 0.15) is 11.6 Å². The highest BCUT2D eigenvalue weighted by Crippen LogP contribution is 2.32. The lowest BCUT2D eigenvalue weighted by Crippen LogP contribution is -2.26. The van der Waals surface area contributed by atoms with Gasteiger partial charge in [0.05, 0.1) is 19.8 Å². The van der Waals surface area contributed by atoms with Crippen LogP contribution in [0.3, 0.4) is 0 Å². The predicted octanol–water partition coefficient (Wildman–Crippen LogP) is 3.99. The number of benzene rings is 2. The minimum Gasteiger partial charge on any atom is -0.493 e. The molecule has 0 aromatic heterocycles. The van der Waals surface area contributed by atoms with Gasteiger partial charge in [0, 0.05) is 6.54 Å². The summed E-state index contributed by atoms with van der Waals surface area (Å²) in [7, 11) is 3.02. The lowest BCUT2D eigenvalue weighted by molar-refractivity contribution is -0.137. The van der Waals surface area contributed by atoms with Crippen LogP contribution in [0, 0.1) is 11.3 Å². The molecule has 152 valence electrons. The van der Waals surface area contributed by atoms with Crippen molar-refractivity contribution in [3.05, 3.63) is 64.7 Å². The van der Waals surface area contributed by atoms with Crippen LogP contribution in [0.5, 0.6) is 11.5 Å². The quantitative estimate of drug-likeness (QED) is 0.560. The largest absolute Gasteiger partial charge is 0.493 e. The Morgan fingerprint density at radius 3 is 2.45 bits per heavy atom. The molecule has 0 heterocycles. The van der Waals surface area contributed by atoms with E-state index >= 15 is 0 Å². The highest BCUT2D eigenvalue weighted by atomic mass is 19.4. The van der Waals surface area contributed by atoms with Crippen molar-refractivity contribution in [2.75, 3.05) is 20.8 Å². The summed E-state index contributed by atoms with van der Waals surface area (Å²) in [6.07, 6.45) is -3.21. The van der Waals surface area contributed by atoms with Crippen molar-refractivity contribution < 1.29 is 27.4 Å². The van der Waals surface area contributed by atoms with Crippen LogP contribution < -0.4 is 14.8 Å². The second-order valence-corrected chi connectivity index (χ2v) is 5.95. The van der Waals surface area contributed by atoms with Gasteiger partial charge in [0.15, 0.2) is 11.5 Å². The minimum absolute atomic E-state index is 0.189. The van der Waals surface area contributed by atoms with Gasteiger partial charge in [0.2, 0.25) is 0 Å². The summed E-state index contributed by atoms with van der Waals surface area (Å²) >= 11 is 0. The van der Waals surface area contributed by atoms with Crippen LogP contribution >= 0.6 is 0 Å². The first-order valence-corrected chi connectivity index (χ1v) is 8.57. The number of carbonyl (C=O) groups is 1. The fourth-order valence-corrected chi connectivity index (χ4v) is 2.64. The third-order valence-corrected chi connectivity index (χ3v) is 4.08. The van der Waals surface area contributed by atoms with Crippen molar-refractivity contribution in [3.63, 3.8) is 0 Å². The second-order valence-electron chi connectivity index (χ2n) is 5.95. The number of amides is 1. The van der Waals surface area contributed by atoms with Crippen molar-refractivity contribution >= 4 is 12.0 Å². The number of ether oxygens (including phenoxy) is 2. The van der Waals surface area contributed by atoms with Crippen LogP contribution in [0.15, 0.2) is 48.0 Å². The monoisotopic (exact) mass is 404 g/mol. The summed E-state index contributed by atoms with van der Waals surface area (Å²) in [4.78, 5) is 12.2. The van der Waals surface area contributed by atoms with Crippen molar-refractivity contribution in [3.8, 4) is 17.6 Å². The van der Waals surface area contributed by atoms with Gasteiger partial charge in [-0.2, -0.15) is 18.4 Å².